The van der Waals surface area contributed by atoms with E-state index in [4.69, 9.17) is 24.5 Å². The van der Waals surface area contributed by atoms with Crippen molar-refractivity contribution >= 4 is 22.8 Å². The fourth-order valence-electron chi connectivity index (χ4n) is 4.63. The van der Waals surface area contributed by atoms with Crippen LogP contribution in [0.4, 0.5) is 10.5 Å². The lowest BCUT2D eigenvalue weighted by Crippen LogP contribution is -2.18. The molecule has 5 heterocycles. The Kier molecular flexibility index (Phi) is 6.97. The van der Waals surface area contributed by atoms with Gasteiger partial charge in [0.25, 0.3) is 0 Å². The average molecular weight is 521 g/mol. The molecule has 1 fully saturated rings. The van der Waals surface area contributed by atoms with Crippen molar-refractivity contribution in [3.8, 4) is 22.6 Å². The fourth-order valence-corrected chi connectivity index (χ4v) is 4.63. The Balaban J connectivity index is 1.30. The van der Waals surface area contributed by atoms with Crippen LogP contribution in [0.15, 0.2) is 79.1 Å². The van der Waals surface area contributed by atoms with E-state index in [0.29, 0.717) is 16.7 Å². The third-order valence-electron chi connectivity index (χ3n) is 6.59. The largest absolute Gasteiger partial charge is 0.444 e. The molecule has 5 aromatic rings. The standard InChI is InChI=1S/C30H28N6O3/c1-20-8-7-11-26(32-20)29-23(18-36(35-29)28-12-5-6-15-38-28)24-13-14-25-27(34-24)16-22(17-31-25)33-30(37)39-19-21-9-3-2-4-10-21/h2-4,7-11,13-14,16-18,28H,5-6,12,15,19H2,1H3,(H,33,37). The highest BCUT2D eigenvalue weighted by atomic mass is 16.5. The monoisotopic (exact) mass is 520 g/mol. The van der Waals surface area contributed by atoms with E-state index in [1.807, 2.05) is 78.5 Å². The molecule has 1 saturated heterocycles. The van der Waals surface area contributed by atoms with E-state index in [2.05, 4.69) is 10.3 Å². The molecular formula is C30H28N6O3. The van der Waals surface area contributed by atoms with E-state index in [1.54, 1.807) is 12.3 Å². The van der Waals surface area contributed by atoms with Gasteiger partial charge in [-0.15, -0.1) is 0 Å². The summed E-state index contributed by atoms with van der Waals surface area (Å²) in [5.74, 6) is 0. The second-order valence-electron chi connectivity index (χ2n) is 9.50. The Morgan fingerprint density at radius 1 is 1.03 bits per heavy atom. The lowest BCUT2D eigenvalue weighted by Gasteiger charge is -2.22. The van der Waals surface area contributed by atoms with E-state index in [9.17, 15) is 4.79 Å². The molecule has 39 heavy (non-hydrogen) atoms. The molecule has 1 aliphatic rings. The molecule has 1 amide bonds. The first kappa shape index (κ1) is 24.7. The molecule has 1 aromatic carbocycles. The van der Waals surface area contributed by atoms with Gasteiger partial charge in [-0.3, -0.25) is 15.3 Å². The highest BCUT2D eigenvalue weighted by Gasteiger charge is 2.22. The highest BCUT2D eigenvalue weighted by Crippen LogP contribution is 2.33. The van der Waals surface area contributed by atoms with Crippen LogP contribution < -0.4 is 5.32 Å². The number of ether oxygens (including phenoxy) is 2. The third kappa shape index (κ3) is 5.63. The molecule has 1 N–H and O–H groups in total. The Morgan fingerprint density at radius 2 is 1.92 bits per heavy atom. The van der Waals surface area contributed by atoms with Crippen molar-refractivity contribution in [1.82, 2.24) is 24.7 Å². The topological polar surface area (TPSA) is 104 Å². The summed E-state index contributed by atoms with van der Waals surface area (Å²) in [6.07, 6.45) is 5.97. The van der Waals surface area contributed by atoms with Crippen molar-refractivity contribution in [2.24, 2.45) is 0 Å². The summed E-state index contributed by atoms with van der Waals surface area (Å²) in [5.41, 5.74) is 6.76. The minimum atomic E-state index is -0.558. The predicted octanol–water partition coefficient (Wildman–Crippen LogP) is 6.31. The zero-order chi connectivity index (χ0) is 26.6. The summed E-state index contributed by atoms with van der Waals surface area (Å²) in [4.78, 5) is 26.5. The van der Waals surface area contributed by atoms with Crippen molar-refractivity contribution in [2.75, 3.05) is 11.9 Å². The third-order valence-corrected chi connectivity index (χ3v) is 6.59. The predicted molar refractivity (Wildman–Crippen MR) is 148 cm³/mol. The first-order chi connectivity index (χ1) is 19.1. The van der Waals surface area contributed by atoms with Crippen molar-refractivity contribution in [1.29, 1.82) is 0 Å². The van der Waals surface area contributed by atoms with Gasteiger partial charge in [0.2, 0.25) is 0 Å². The number of nitrogens with zero attached hydrogens (tertiary/aromatic N) is 5. The first-order valence-corrected chi connectivity index (χ1v) is 13.0. The van der Waals surface area contributed by atoms with Gasteiger partial charge in [-0.2, -0.15) is 5.10 Å². The molecule has 0 aliphatic carbocycles. The van der Waals surface area contributed by atoms with Crippen LogP contribution in [-0.4, -0.2) is 37.4 Å². The number of hydrogen-bond donors (Lipinski definition) is 1. The summed E-state index contributed by atoms with van der Waals surface area (Å²) in [6.45, 7) is 2.87. The molecule has 0 radical (unpaired) electrons. The summed E-state index contributed by atoms with van der Waals surface area (Å²) in [7, 11) is 0. The number of pyridine rings is 3. The second kappa shape index (κ2) is 11.0. The van der Waals surface area contributed by atoms with Gasteiger partial charge in [0.1, 0.15) is 18.5 Å². The highest BCUT2D eigenvalue weighted by molar-refractivity contribution is 5.89. The van der Waals surface area contributed by atoms with Gasteiger partial charge >= 0.3 is 6.09 Å². The van der Waals surface area contributed by atoms with Gasteiger partial charge in [0.05, 0.1) is 34.3 Å². The van der Waals surface area contributed by atoms with Gasteiger partial charge in [0, 0.05) is 24.1 Å². The Morgan fingerprint density at radius 3 is 2.74 bits per heavy atom. The molecule has 9 nitrogen and oxygen atoms in total. The van der Waals surface area contributed by atoms with Gasteiger partial charge in [-0.05, 0) is 62.1 Å². The van der Waals surface area contributed by atoms with Crippen LogP contribution in [0.1, 0.15) is 36.7 Å². The molecule has 1 aliphatic heterocycles. The van der Waals surface area contributed by atoms with Crippen LogP contribution >= 0.6 is 0 Å². The van der Waals surface area contributed by atoms with Crippen LogP contribution in [0.25, 0.3) is 33.7 Å². The average Bonchev–Trinajstić information content (AvgIpc) is 3.43. The molecule has 196 valence electrons. The lowest BCUT2D eigenvalue weighted by molar-refractivity contribution is -0.0393. The number of aromatic nitrogens is 5. The van der Waals surface area contributed by atoms with Gasteiger partial charge in [-0.1, -0.05) is 36.4 Å². The van der Waals surface area contributed by atoms with Gasteiger partial charge in [-0.25, -0.2) is 14.5 Å². The number of amides is 1. The number of carbonyl (C=O) groups is 1. The number of anilines is 1. The minimum Gasteiger partial charge on any atom is -0.444 e. The van der Waals surface area contributed by atoms with Crippen LogP contribution in [0, 0.1) is 6.92 Å². The van der Waals surface area contributed by atoms with Crippen LogP contribution in [0.5, 0.6) is 0 Å². The molecule has 1 atom stereocenters. The number of hydrogen-bond acceptors (Lipinski definition) is 7. The van der Waals surface area contributed by atoms with Crippen molar-refractivity contribution in [3.63, 3.8) is 0 Å². The van der Waals surface area contributed by atoms with Crippen LogP contribution in [-0.2, 0) is 16.1 Å². The SMILES string of the molecule is Cc1cccc(-c2nn(C3CCCCO3)cc2-c2ccc3ncc(NC(=O)OCc4ccccc4)cc3n2)n1. The second-order valence-corrected chi connectivity index (χ2v) is 9.50. The summed E-state index contributed by atoms with van der Waals surface area (Å²) in [5, 5.41) is 7.65. The van der Waals surface area contributed by atoms with Gasteiger partial charge in [0.15, 0.2) is 0 Å². The summed E-state index contributed by atoms with van der Waals surface area (Å²) >= 11 is 0. The maximum Gasteiger partial charge on any atom is 0.412 e. The van der Waals surface area contributed by atoms with Crippen molar-refractivity contribution in [2.45, 2.75) is 39.0 Å². The number of carbonyl (C=O) groups excluding carboxylic acids is 1. The fraction of sp³-hybridized carbons (Fsp3) is 0.233. The zero-order valence-corrected chi connectivity index (χ0v) is 21.6. The van der Waals surface area contributed by atoms with Gasteiger partial charge < -0.3 is 9.47 Å². The minimum absolute atomic E-state index is 0.115. The summed E-state index contributed by atoms with van der Waals surface area (Å²) < 4.78 is 13.2. The molecule has 9 heteroatoms. The Labute approximate surface area is 225 Å². The number of fused-ring (bicyclic) bond motifs is 1. The van der Waals surface area contributed by atoms with E-state index in [-0.39, 0.29) is 12.8 Å². The molecule has 0 saturated carbocycles. The number of nitrogens with one attached hydrogen (secondary N) is 1. The maximum absolute atomic E-state index is 12.4. The lowest BCUT2D eigenvalue weighted by atomic mass is 10.1. The Hall–Kier alpha value is -4.63. The van der Waals surface area contributed by atoms with E-state index in [1.165, 1.54) is 0 Å². The molecule has 4 aromatic heterocycles. The zero-order valence-electron chi connectivity index (χ0n) is 21.6. The Bertz CT molecular complexity index is 1610. The number of aryl methyl sites for hydroxylation is 1. The number of benzene rings is 1. The summed E-state index contributed by atoms with van der Waals surface area (Å²) in [6, 6.07) is 21.0. The molecule has 1 unspecified atom stereocenters. The normalized spacial score (nSPS) is 15.3. The van der Waals surface area contributed by atoms with E-state index in [0.717, 1.165) is 59.8 Å². The van der Waals surface area contributed by atoms with Crippen LogP contribution in [0.3, 0.4) is 0 Å². The molecule has 6 rings (SSSR count). The maximum atomic E-state index is 12.4. The molecular weight excluding hydrogens is 492 g/mol. The van der Waals surface area contributed by atoms with E-state index >= 15 is 0 Å². The first-order valence-electron chi connectivity index (χ1n) is 13.0. The molecule has 0 spiro atoms. The van der Waals surface area contributed by atoms with Crippen molar-refractivity contribution in [3.05, 3.63) is 90.4 Å². The van der Waals surface area contributed by atoms with E-state index < -0.39 is 6.09 Å². The molecule has 0 bridgehead atoms. The van der Waals surface area contributed by atoms with Crippen molar-refractivity contribution < 1.29 is 14.3 Å². The quantitative estimate of drug-likeness (QED) is 0.280. The number of rotatable bonds is 6. The smallest absolute Gasteiger partial charge is 0.412 e. The van der Waals surface area contributed by atoms with Crippen LogP contribution in [0.2, 0.25) is 0 Å².